The molecule has 4 rings (SSSR count). The number of aromatic nitrogens is 3. The summed E-state index contributed by atoms with van der Waals surface area (Å²) >= 11 is 0. The Labute approximate surface area is 160 Å². The summed E-state index contributed by atoms with van der Waals surface area (Å²) in [5.41, 5.74) is 2.74. The smallest absolute Gasteiger partial charge is 0.256 e. The van der Waals surface area contributed by atoms with Crippen molar-refractivity contribution in [2.24, 2.45) is 0 Å². The molecule has 1 aliphatic carbocycles. The van der Waals surface area contributed by atoms with Crippen LogP contribution < -0.4 is 5.32 Å². The van der Waals surface area contributed by atoms with E-state index < -0.39 is 0 Å². The number of nitrogens with one attached hydrogen (secondary N) is 1. The lowest BCUT2D eigenvalue weighted by Gasteiger charge is -2.17. The maximum absolute atomic E-state index is 13.1. The number of amides is 1. The van der Waals surface area contributed by atoms with Crippen molar-refractivity contribution < 1.29 is 4.79 Å². The van der Waals surface area contributed by atoms with Gasteiger partial charge in [0.25, 0.3) is 5.91 Å². The van der Waals surface area contributed by atoms with Gasteiger partial charge in [0.1, 0.15) is 5.56 Å². The van der Waals surface area contributed by atoms with Gasteiger partial charge in [0.05, 0.1) is 11.9 Å². The largest absolute Gasteiger partial charge is 0.349 e. The Morgan fingerprint density at radius 3 is 2.37 bits per heavy atom. The van der Waals surface area contributed by atoms with Crippen molar-refractivity contribution in [3.8, 4) is 11.5 Å². The lowest BCUT2D eigenvalue weighted by atomic mass is 10.1. The molecule has 0 radical (unpaired) electrons. The molecule has 5 nitrogen and oxygen atoms in total. The Hall–Kier alpha value is -2.82. The maximum Gasteiger partial charge on any atom is 0.256 e. The second-order valence-electron chi connectivity index (χ2n) is 7.38. The van der Waals surface area contributed by atoms with Gasteiger partial charge in [-0.15, -0.1) is 0 Å². The summed E-state index contributed by atoms with van der Waals surface area (Å²) in [6.07, 6.45) is 12.6. The lowest BCUT2D eigenvalue weighted by Crippen LogP contribution is -2.34. The molecule has 140 valence electrons. The minimum absolute atomic E-state index is 0.0380. The number of carbonyl (C=O) groups excluding carboxylic acids is 1. The zero-order chi connectivity index (χ0) is 18.6. The molecule has 27 heavy (non-hydrogen) atoms. The third kappa shape index (κ3) is 3.82. The van der Waals surface area contributed by atoms with Gasteiger partial charge in [-0.2, -0.15) is 5.10 Å². The van der Waals surface area contributed by atoms with Gasteiger partial charge in [0.2, 0.25) is 0 Å². The Balaban J connectivity index is 1.68. The number of carbonyl (C=O) groups is 1. The first-order valence-electron chi connectivity index (χ1n) is 9.81. The van der Waals surface area contributed by atoms with Crippen LogP contribution in [0.2, 0.25) is 0 Å². The third-order valence-electron chi connectivity index (χ3n) is 5.31. The molecule has 3 aromatic rings. The highest BCUT2D eigenvalue weighted by Gasteiger charge is 2.22. The van der Waals surface area contributed by atoms with E-state index in [4.69, 9.17) is 0 Å². The van der Waals surface area contributed by atoms with Crippen molar-refractivity contribution in [2.45, 2.75) is 51.5 Å². The number of hydrogen-bond donors (Lipinski definition) is 1. The molecular formula is C22H26N4O. The van der Waals surface area contributed by atoms with Crippen LogP contribution in [0.15, 0.2) is 55.0 Å². The molecule has 0 aliphatic heterocycles. The Morgan fingerprint density at radius 2 is 1.70 bits per heavy atom. The highest BCUT2D eigenvalue weighted by Crippen LogP contribution is 2.22. The van der Waals surface area contributed by atoms with Gasteiger partial charge in [-0.05, 0) is 44.0 Å². The van der Waals surface area contributed by atoms with E-state index in [-0.39, 0.29) is 11.9 Å². The van der Waals surface area contributed by atoms with E-state index in [0.717, 1.165) is 24.3 Å². The summed E-state index contributed by atoms with van der Waals surface area (Å²) in [4.78, 5) is 13.1. The van der Waals surface area contributed by atoms with Crippen molar-refractivity contribution in [1.29, 1.82) is 0 Å². The first kappa shape index (κ1) is 17.6. The Morgan fingerprint density at radius 1 is 1.04 bits per heavy atom. The SMILES string of the molecule is Cc1ccc(-n2ncc(C(=O)NC3CCCCCC3)c2-n2cccc2)cc1. The number of hydrogen-bond acceptors (Lipinski definition) is 2. The second-order valence-corrected chi connectivity index (χ2v) is 7.38. The average molecular weight is 362 g/mol. The predicted octanol–water partition coefficient (Wildman–Crippen LogP) is 4.42. The van der Waals surface area contributed by atoms with Crippen molar-refractivity contribution in [3.05, 3.63) is 66.1 Å². The molecule has 1 N–H and O–H groups in total. The van der Waals surface area contributed by atoms with Crippen LogP contribution in [0.3, 0.4) is 0 Å². The van der Waals surface area contributed by atoms with Crippen molar-refractivity contribution >= 4 is 5.91 Å². The van der Waals surface area contributed by atoms with E-state index in [1.54, 1.807) is 6.20 Å². The Bertz CT molecular complexity index is 885. The number of rotatable bonds is 4. The molecule has 2 heterocycles. The van der Waals surface area contributed by atoms with Crippen LogP contribution in [0.1, 0.15) is 54.4 Å². The van der Waals surface area contributed by atoms with Crippen molar-refractivity contribution in [2.75, 3.05) is 0 Å². The monoisotopic (exact) mass is 362 g/mol. The molecule has 1 saturated carbocycles. The van der Waals surface area contributed by atoms with Gasteiger partial charge in [0, 0.05) is 18.4 Å². The molecule has 0 atom stereocenters. The summed E-state index contributed by atoms with van der Waals surface area (Å²) in [6.45, 7) is 2.06. The van der Waals surface area contributed by atoms with E-state index in [2.05, 4.69) is 29.5 Å². The van der Waals surface area contributed by atoms with E-state index in [0.29, 0.717) is 5.56 Å². The van der Waals surface area contributed by atoms with Gasteiger partial charge >= 0.3 is 0 Å². The summed E-state index contributed by atoms with van der Waals surface area (Å²) in [5.74, 6) is 0.735. The van der Waals surface area contributed by atoms with Gasteiger partial charge in [-0.3, -0.25) is 4.79 Å². The molecule has 2 aromatic heterocycles. The molecule has 1 aromatic carbocycles. The van der Waals surface area contributed by atoms with Crippen LogP contribution in [-0.4, -0.2) is 26.3 Å². The molecule has 0 spiro atoms. The van der Waals surface area contributed by atoms with Gasteiger partial charge in [-0.1, -0.05) is 43.4 Å². The Kier molecular flexibility index (Phi) is 5.10. The molecule has 1 aliphatic rings. The molecule has 0 bridgehead atoms. The quantitative estimate of drug-likeness (QED) is 0.698. The zero-order valence-corrected chi connectivity index (χ0v) is 15.8. The molecule has 5 heteroatoms. The minimum Gasteiger partial charge on any atom is -0.349 e. The normalized spacial score (nSPS) is 15.4. The van der Waals surface area contributed by atoms with Crippen LogP contribution in [0, 0.1) is 6.92 Å². The van der Waals surface area contributed by atoms with Crippen LogP contribution in [-0.2, 0) is 0 Å². The van der Waals surface area contributed by atoms with E-state index in [9.17, 15) is 4.79 Å². The first-order chi connectivity index (χ1) is 13.2. The average Bonchev–Trinajstić information content (AvgIpc) is 3.28. The summed E-state index contributed by atoms with van der Waals surface area (Å²) in [7, 11) is 0. The lowest BCUT2D eigenvalue weighted by molar-refractivity contribution is 0.0933. The molecular weight excluding hydrogens is 336 g/mol. The predicted molar refractivity (Wildman–Crippen MR) is 107 cm³/mol. The fraction of sp³-hybridized carbons (Fsp3) is 0.364. The fourth-order valence-electron chi connectivity index (χ4n) is 3.79. The second kappa shape index (κ2) is 7.82. The minimum atomic E-state index is -0.0380. The summed E-state index contributed by atoms with van der Waals surface area (Å²) < 4.78 is 3.79. The molecule has 1 fully saturated rings. The third-order valence-corrected chi connectivity index (χ3v) is 5.31. The number of aryl methyl sites for hydroxylation is 1. The van der Waals surface area contributed by atoms with Crippen molar-refractivity contribution in [1.82, 2.24) is 19.7 Å². The fourth-order valence-corrected chi connectivity index (χ4v) is 3.79. The van der Waals surface area contributed by atoms with Gasteiger partial charge in [0.15, 0.2) is 5.82 Å². The molecule has 1 amide bonds. The highest BCUT2D eigenvalue weighted by molar-refractivity contribution is 5.97. The van der Waals surface area contributed by atoms with Gasteiger partial charge in [-0.25, -0.2) is 4.68 Å². The van der Waals surface area contributed by atoms with Crippen LogP contribution >= 0.6 is 0 Å². The van der Waals surface area contributed by atoms with E-state index >= 15 is 0 Å². The highest BCUT2D eigenvalue weighted by atomic mass is 16.1. The molecule has 0 saturated heterocycles. The molecule has 0 unspecified atom stereocenters. The standard InChI is InChI=1S/C22H26N4O/c1-17-10-12-19(13-11-17)26-22(25-14-6-7-15-25)20(16-23-26)21(27)24-18-8-4-2-3-5-9-18/h6-7,10-16,18H,2-5,8-9H2,1H3,(H,24,27). The van der Waals surface area contributed by atoms with E-state index in [1.807, 2.05) is 45.9 Å². The summed E-state index contributed by atoms with van der Waals surface area (Å²) in [5, 5.41) is 7.79. The first-order valence-corrected chi connectivity index (χ1v) is 9.81. The topological polar surface area (TPSA) is 51.9 Å². The van der Waals surface area contributed by atoms with Gasteiger partial charge < -0.3 is 9.88 Å². The maximum atomic E-state index is 13.1. The van der Waals surface area contributed by atoms with E-state index in [1.165, 1.54) is 31.2 Å². The number of benzene rings is 1. The zero-order valence-electron chi connectivity index (χ0n) is 15.8. The summed E-state index contributed by atoms with van der Waals surface area (Å²) in [6, 6.07) is 12.4. The van der Waals surface area contributed by atoms with Crippen LogP contribution in [0.5, 0.6) is 0 Å². The van der Waals surface area contributed by atoms with Crippen molar-refractivity contribution in [3.63, 3.8) is 0 Å². The van der Waals surface area contributed by atoms with Crippen LogP contribution in [0.4, 0.5) is 0 Å². The van der Waals surface area contributed by atoms with Crippen LogP contribution in [0.25, 0.3) is 11.5 Å². The number of nitrogens with zero attached hydrogens (tertiary/aromatic N) is 3.